The second kappa shape index (κ2) is 4.24. The third-order valence-corrected chi connectivity index (χ3v) is 3.41. The number of nitriles is 1. The largest absolute Gasteiger partial charge is 0.492 e. The smallest absolute Gasteiger partial charge is 0.119 e. The van der Waals surface area contributed by atoms with Crippen LogP contribution in [0.2, 0.25) is 0 Å². The Balaban J connectivity index is 1.93. The summed E-state index contributed by atoms with van der Waals surface area (Å²) in [5, 5.41) is 9.02. The van der Waals surface area contributed by atoms with Crippen molar-refractivity contribution in [3.8, 4) is 11.8 Å². The van der Waals surface area contributed by atoms with Crippen molar-refractivity contribution in [3.63, 3.8) is 0 Å². The van der Waals surface area contributed by atoms with Crippen molar-refractivity contribution in [3.05, 3.63) is 28.7 Å². The van der Waals surface area contributed by atoms with E-state index in [9.17, 15) is 0 Å². The number of hydrogen-bond acceptors (Lipinski definition) is 2. The van der Waals surface area contributed by atoms with Gasteiger partial charge in [-0.25, -0.2) is 0 Å². The molecule has 0 saturated heterocycles. The molecule has 1 aromatic carbocycles. The number of ether oxygens (including phenoxy) is 1. The topological polar surface area (TPSA) is 33.0 Å². The SMILES string of the molecule is N#CC1(COc2ccc(Br)cc2)CCC1. The Morgan fingerprint density at radius 2 is 2.00 bits per heavy atom. The molecule has 1 aliphatic rings. The summed E-state index contributed by atoms with van der Waals surface area (Å²) in [4.78, 5) is 0. The first-order chi connectivity index (χ1) is 7.24. The van der Waals surface area contributed by atoms with Crippen LogP contribution in [0.15, 0.2) is 28.7 Å². The van der Waals surface area contributed by atoms with Gasteiger partial charge in [0.1, 0.15) is 12.4 Å². The molecule has 1 fully saturated rings. The molecule has 1 aliphatic carbocycles. The van der Waals surface area contributed by atoms with Gasteiger partial charge in [0.15, 0.2) is 0 Å². The first-order valence-corrected chi connectivity index (χ1v) is 5.83. The van der Waals surface area contributed by atoms with Crippen LogP contribution >= 0.6 is 15.9 Å². The van der Waals surface area contributed by atoms with Crippen LogP contribution in [0.3, 0.4) is 0 Å². The van der Waals surface area contributed by atoms with Gasteiger partial charge < -0.3 is 4.74 Å². The van der Waals surface area contributed by atoms with Gasteiger partial charge in [-0.05, 0) is 37.1 Å². The minimum absolute atomic E-state index is 0.215. The summed E-state index contributed by atoms with van der Waals surface area (Å²) in [6.07, 6.45) is 3.09. The zero-order valence-electron chi connectivity index (χ0n) is 8.37. The summed E-state index contributed by atoms with van der Waals surface area (Å²) >= 11 is 3.37. The molecular formula is C12H12BrNO. The highest BCUT2D eigenvalue weighted by atomic mass is 79.9. The molecule has 2 nitrogen and oxygen atoms in total. The minimum atomic E-state index is -0.215. The Labute approximate surface area is 98.0 Å². The van der Waals surface area contributed by atoms with Crippen LogP contribution in [0.25, 0.3) is 0 Å². The Kier molecular flexibility index (Phi) is 2.97. The molecule has 0 aliphatic heterocycles. The minimum Gasteiger partial charge on any atom is -0.492 e. The molecule has 1 aromatic rings. The number of benzene rings is 1. The van der Waals surface area contributed by atoms with Crippen LogP contribution in [-0.4, -0.2) is 6.61 Å². The Morgan fingerprint density at radius 1 is 1.33 bits per heavy atom. The van der Waals surface area contributed by atoms with Crippen LogP contribution in [0.5, 0.6) is 5.75 Å². The molecule has 0 amide bonds. The fourth-order valence-corrected chi connectivity index (χ4v) is 1.91. The maximum atomic E-state index is 9.02. The van der Waals surface area contributed by atoms with Gasteiger partial charge in [-0.1, -0.05) is 22.4 Å². The molecular weight excluding hydrogens is 254 g/mol. The van der Waals surface area contributed by atoms with Gasteiger partial charge in [-0.2, -0.15) is 5.26 Å². The molecule has 0 N–H and O–H groups in total. The number of rotatable bonds is 3. The van der Waals surface area contributed by atoms with Crippen molar-refractivity contribution in [2.24, 2.45) is 5.41 Å². The van der Waals surface area contributed by atoms with E-state index in [0.717, 1.165) is 29.5 Å². The fraction of sp³-hybridized carbons (Fsp3) is 0.417. The van der Waals surface area contributed by atoms with Crippen LogP contribution in [0.1, 0.15) is 19.3 Å². The molecule has 0 bridgehead atoms. The quantitative estimate of drug-likeness (QED) is 0.838. The second-order valence-electron chi connectivity index (χ2n) is 3.99. The molecule has 78 valence electrons. The summed E-state index contributed by atoms with van der Waals surface area (Å²) in [6, 6.07) is 10.1. The van der Waals surface area contributed by atoms with E-state index in [-0.39, 0.29) is 5.41 Å². The van der Waals surface area contributed by atoms with Crippen molar-refractivity contribution in [2.75, 3.05) is 6.61 Å². The standard InChI is InChI=1S/C12H12BrNO/c13-10-2-4-11(5-3-10)15-9-12(8-14)6-1-7-12/h2-5H,1,6-7,9H2. The number of hydrogen-bond donors (Lipinski definition) is 0. The van der Waals surface area contributed by atoms with Crippen molar-refractivity contribution in [1.82, 2.24) is 0 Å². The Morgan fingerprint density at radius 3 is 2.47 bits per heavy atom. The zero-order valence-corrected chi connectivity index (χ0v) is 9.96. The second-order valence-corrected chi connectivity index (χ2v) is 4.90. The first-order valence-electron chi connectivity index (χ1n) is 5.04. The van der Waals surface area contributed by atoms with Gasteiger partial charge in [0, 0.05) is 4.47 Å². The molecule has 0 atom stereocenters. The first kappa shape index (κ1) is 10.5. The van der Waals surface area contributed by atoms with Crippen LogP contribution in [-0.2, 0) is 0 Å². The Bertz CT molecular complexity index is 376. The van der Waals surface area contributed by atoms with Gasteiger partial charge >= 0.3 is 0 Å². The lowest BCUT2D eigenvalue weighted by Crippen LogP contribution is -2.34. The van der Waals surface area contributed by atoms with E-state index < -0.39 is 0 Å². The monoisotopic (exact) mass is 265 g/mol. The summed E-state index contributed by atoms with van der Waals surface area (Å²) in [6.45, 7) is 0.519. The summed E-state index contributed by atoms with van der Waals surface area (Å²) in [5.41, 5.74) is -0.215. The summed E-state index contributed by atoms with van der Waals surface area (Å²) in [5.74, 6) is 0.833. The Hall–Kier alpha value is -1.01. The van der Waals surface area contributed by atoms with E-state index in [1.807, 2.05) is 24.3 Å². The van der Waals surface area contributed by atoms with Crippen LogP contribution in [0.4, 0.5) is 0 Å². The predicted octanol–water partition coefficient (Wildman–Crippen LogP) is 3.52. The third-order valence-electron chi connectivity index (χ3n) is 2.88. The third kappa shape index (κ3) is 2.32. The van der Waals surface area contributed by atoms with Gasteiger partial charge in [-0.15, -0.1) is 0 Å². The predicted molar refractivity (Wildman–Crippen MR) is 61.5 cm³/mol. The molecule has 1 saturated carbocycles. The number of halogens is 1. The maximum absolute atomic E-state index is 9.02. The van der Waals surface area contributed by atoms with E-state index in [1.54, 1.807) is 0 Å². The molecule has 0 heterocycles. The van der Waals surface area contributed by atoms with Crippen molar-refractivity contribution >= 4 is 15.9 Å². The average molecular weight is 266 g/mol. The molecule has 0 radical (unpaired) electrons. The summed E-state index contributed by atoms with van der Waals surface area (Å²) < 4.78 is 6.65. The van der Waals surface area contributed by atoms with E-state index in [0.29, 0.717) is 6.61 Å². The highest BCUT2D eigenvalue weighted by Crippen LogP contribution is 2.40. The van der Waals surface area contributed by atoms with Gasteiger partial charge in [0.2, 0.25) is 0 Å². The molecule has 0 unspecified atom stereocenters. The maximum Gasteiger partial charge on any atom is 0.119 e. The zero-order chi connectivity index (χ0) is 10.7. The molecule has 3 heteroatoms. The van der Waals surface area contributed by atoms with Crippen molar-refractivity contribution in [1.29, 1.82) is 5.26 Å². The van der Waals surface area contributed by atoms with Gasteiger partial charge in [-0.3, -0.25) is 0 Å². The van der Waals surface area contributed by atoms with Crippen molar-refractivity contribution < 1.29 is 4.74 Å². The van der Waals surface area contributed by atoms with E-state index in [2.05, 4.69) is 22.0 Å². The van der Waals surface area contributed by atoms with Gasteiger partial charge in [0.05, 0.1) is 11.5 Å². The van der Waals surface area contributed by atoms with Crippen LogP contribution < -0.4 is 4.74 Å². The highest BCUT2D eigenvalue weighted by Gasteiger charge is 2.38. The molecule has 0 aromatic heterocycles. The van der Waals surface area contributed by atoms with Crippen LogP contribution in [0, 0.1) is 16.7 Å². The lowest BCUT2D eigenvalue weighted by molar-refractivity contribution is 0.115. The normalized spacial score (nSPS) is 17.6. The van der Waals surface area contributed by atoms with Crippen molar-refractivity contribution in [2.45, 2.75) is 19.3 Å². The number of nitrogens with zero attached hydrogens (tertiary/aromatic N) is 1. The lowest BCUT2D eigenvalue weighted by Gasteiger charge is -2.34. The van der Waals surface area contributed by atoms with E-state index in [4.69, 9.17) is 10.00 Å². The van der Waals surface area contributed by atoms with E-state index >= 15 is 0 Å². The average Bonchev–Trinajstić information content (AvgIpc) is 2.20. The van der Waals surface area contributed by atoms with Gasteiger partial charge in [0.25, 0.3) is 0 Å². The molecule has 0 spiro atoms. The fourth-order valence-electron chi connectivity index (χ4n) is 1.64. The van der Waals surface area contributed by atoms with E-state index in [1.165, 1.54) is 0 Å². The summed E-state index contributed by atoms with van der Waals surface area (Å²) in [7, 11) is 0. The molecule has 15 heavy (non-hydrogen) atoms. The lowest BCUT2D eigenvalue weighted by atomic mass is 9.71. The highest BCUT2D eigenvalue weighted by molar-refractivity contribution is 9.10. The molecule has 2 rings (SSSR count).